The summed E-state index contributed by atoms with van der Waals surface area (Å²) in [5, 5.41) is 0. The first-order valence-corrected chi connectivity index (χ1v) is 6.14. The highest BCUT2D eigenvalue weighted by molar-refractivity contribution is 7.16. The number of aromatic nitrogens is 2. The van der Waals surface area contributed by atoms with Gasteiger partial charge < -0.3 is 4.98 Å². The summed E-state index contributed by atoms with van der Waals surface area (Å²) in [7, 11) is 0. The molecule has 0 saturated heterocycles. The number of aromatic amines is 1. The molecule has 3 rings (SSSR count). The van der Waals surface area contributed by atoms with E-state index in [9.17, 15) is 9.59 Å². The van der Waals surface area contributed by atoms with Crippen LogP contribution in [-0.4, -0.2) is 15.8 Å². The van der Waals surface area contributed by atoms with E-state index in [0.29, 0.717) is 11.3 Å². The van der Waals surface area contributed by atoms with Crippen molar-refractivity contribution in [3.63, 3.8) is 0 Å². The minimum Gasteiger partial charge on any atom is -0.312 e. The van der Waals surface area contributed by atoms with Crippen molar-refractivity contribution in [2.24, 2.45) is 0 Å². The van der Waals surface area contributed by atoms with Gasteiger partial charge in [-0.05, 0) is 30.3 Å². The standard InChI is InChI=1S/C13H8N2O2S/c16-12(10-3-1-2-6-14-10)8-4-5-9-11(7-8)18-13(17)15-9/h1-7H,(H,15,17). The first-order valence-electron chi connectivity index (χ1n) is 5.33. The number of pyridine rings is 1. The Bertz CT molecular complexity index is 774. The maximum absolute atomic E-state index is 12.2. The van der Waals surface area contributed by atoms with Gasteiger partial charge in [-0.1, -0.05) is 17.4 Å². The van der Waals surface area contributed by atoms with Crippen molar-refractivity contribution in [1.82, 2.24) is 9.97 Å². The number of nitrogens with one attached hydrogen (secondary N) is 1. The van der Waals surface area contributed by atoms with Crippen molar-refractivity contribution < 1.29 is 4.79 Å². The first kappa shape index (κ1) is 10.9. The summed E-state index contributed by atoms with van der Waals surface area (Å²) in [5.41, 5.74) is 1.69. The van der Waals surface area contributed by atoms with Crippen LogP contribution < -0.4 is 4.87 Å². The van der Waals surface area contributed by atoms with Gasteiger partial charge >= 0.3 is 4.87 Å². The van der Waals surface area contributed by atoms with Crippen LogP contribution in [0.1, 0.15) is 16.1 Å². The van der Waals surface area contributed by atoms with E-state index in [1.807, 2.05) is 0 Å². The molecule has 0 bridgehead atoms. The quantitative estimate of drug-likeness (QED) is 0.715. The lowest BCUT2D eigenvalue weighted by atomic mass is 10.1. The Kier molecular flexibility index (Phi) is 2.53. The molecule has 18 heavy (non-hydrogen) atoms. The molecular weight excluding hydrogens is 248 g/mol. The number of hydrogen-bond acceptors (Lipinski definition) is 4. The second-order valence-electron chi connectivity index (χ2n) is 3.77. The van der Waals surface area contributed by atoms with Crippen LogP contribution in [0.15, 0.2) is 47.4 Å². The van der Waals surface area contributed by atoms with Gasteiger partial charge in [-0.3, -0.25) is 14.6 Å². The first-order chi connectivity index (χ1) is 8.74. The van der Waals surface area contributed by atoms with Crippen LogP contribution in [0.4, 0.5) is 0 Å². The average molecular weight is 256 g/mol. The molecule has 0 aliphatic heterocycles. The Balaban J connectivity index is 2.09. The summed E-state index contributed by atoms with van der Waals surface area (Å²) in [6.45, 7) is 0. The summed E-state index contributed by atoms with van der Waals surface area (Å²) in [5.74, 6) is -0.140. The highest BCUT2D eigenvalue weighted by atomic mass is 32.1. The van der Waals surface area contributed by atoms with Crippen molar-refractivity contribution in [3.05, 3.63) is 63.5 Å². The van der Waals surface area contributed by atoms with E-state index in [4.69, 9.17) is 0 Å². The number of benzene rings is 1. The molecule has 0 amide bonds. The molecule has 4 nitrogen and oxygen atoms in total. The lowest BCUT2D eigenvalue weighted by Crippen LogP contribution is -2.02. The smallest absolute Gasteiger partial charge is 0.305 e. The lowest BCUT2D eigenvalue weighted by molar-refractivity contribution is 0.103. The molecule has 88 valence electrons. The monoisotopic (exact) mass is 256 g/mol. The zero-order chi connectivity index (χ0) is 12.5. The fourth-order valence-electron chi connectivity index (χ4n) is 1.73. The number of thiazole rings is 1. The predicted molar refractivity (Wildman–Crippen MR) is 70.1 cm³/mol. The van der Waals surface area contributed by atoms with Crippen molar-refractivity contribution in [1.29, 1.82) is 0 Å². The summed E-state index contributed by atoms with van der Waals surface area (Å²) in [6, 6.07) is 10.4. The molecule has 2 heterocycles. The zero-order valence-electron chi connectivity index (χ0n) is 9.21. The van der Waals surface area contributed by atoms with Gasteiger partial charge in [0.05, 0.1) is 10.2 Å². The molecule has 1 aromatic carbocycles. The molecular formula is C13H8N2O2S. The van der Waals surface area contributed by atoms with Crippen LogP contribution in [0, 0.1) is 0 Å². The van der Waals surface area contributed by atoms with E-state index < -0.39 is 0 Å². The number of H-pyrrole nitrogens is 1. The molecule has 0 spiro atoms. The Hall–Kier alpha value is -2.27. The van der Waals surface area contributed by atoms with Gasteiger partial charge in [0.2, 0.25) is 5.78 Å². The van der Waals surface area contributed by atoms with Crippen molar-refractivity contribution in [2.75, 3.05) is 0 Å². The van der Waals surface area contributed by atoms with Crippen LogP contribution in [0.5, 0.6) is 0 Å². The molecule has 0 aliphatic carbocycles. The maximum atomic E-state index is 12.2. The van der Waals surface area contributed by atoms with Gasteiger partial charge in [-0.25, -0.2) is 0 Å². The predicted octanol–water partition coefficient (Wildman–Crippen LogP) is 2.22. The highest BCUT2D eigenvalue weighted by Gasteiger charge is 2.11. The van der Waals surface area contributed by atoms with Crippen molar-refractivity contribution >= 4 is 27.3 Å². The van der Waals surface area contributed by atoms with E-state index in [2.05, 4.69) is 9.97 Å². The van der Waals surface area contributed by atoms with Gasteiger partial charge in [-0.2, -0.15) is 0 Å². The molecule has 0 saturated carbocycles. The van der Waals surface area contributed by atoms with E-state index in [-0.39, 0.29) is 10.7 Å². The zero-order valence-corrected chi connectivity index (χ0v) is 10.0. The molecule has 5 heteroatoms. The van der Waals surface area contributed by atoms with Crippen LogP contribution in [0.3, 0.4) is 0 Å². The van der Waals surface area contributed by atoms with E-state index in [0.717, 1.165) is 21.6 Å². The average Bonchev–Trinajstić information content (AvgIpc) is 2.78. The Morgan fingerprint density at radius 3 is 2.89 bits per heavy atom. The Morgan fingerprint density at radius 1 is 1.22 bits per heavy atom. The molecule has 0 fully saturated rings. The van der Waals surface area contributed by atoms with Crippen molar-refractivity contribution in [2.45, 2.75) is 0 Å². The van der Waals surface area contributed by atoms with Crippen LogP contribution in [0.2, 0.25) is 0 Å². The summed E-state index contributed by atoms with van der Waals surface area (Å²) in [6.07, 6.45) is 1.58. The highest BCUT2D eigenvalue weighted by Crippen LogP contribution is 2.18. The van der Waals surface area contributed by atoms with Crippen molar-refractivity contribution in [3.8, 4) is 0 Å². The molecule has 0 aliphatic rings. The number of nitrogens with zero attached hydrogens (tertiary/aromatic N) is 1. The number of rotatable bonds is 2. The molecule has 1 N–H and O–H groups in total. The number of hydrogen-bond donors (Lipinski definition) is 1. The Morgan fingerprint density at radius 2 is 2.11 bits per heavy atom. The van der Waals surface area contributed by atoms with Gasteiger partial charge in [0.25, 0.3) is 0 Å². The number of carbonyl (C=O) groups is 1. The van der Waals surface area contributed by atoms with Gasteiger partial charge in [0, 0.05) is 11.8 Å². The summed E-state index contributed by atoms with van der Waals surface area (Å²) < 4.78 is 0.779. The number of fused-ring (bicyclic) bond motifs is 1. The third-order valence-electron chi connectivity index (χ3n) is 2.58. The maximum Gasteiger partial charge on any atom is 0.305 e. The fraction of sp³-hybridized carbons (Fsp3) is 0. The topological polar surface area (TPSA) is 62.8 Å². The van der Waals surface area contributed by atoms with Crippen LogP contribution in [-0.2, 0) is 0 Å². The van der Waals surface area contributed by atoms with Gasteiger partial charge in [-0.15, -0.1) is 0 Å². The summed E-state index contributed by atoms with van der Waals surface area (Å²) >= 11 is 1.10. The normalized spacial score (nSPS) is 10.7. The minimum atomic E-state index is -0.140. The Labute approximate surface area is 106 Å². The third kappa shape index (κ3) is 1.84. The molecule has 0 radical (unpaired) electrons. The molecule has 2 aromatic heterocycles. The minimum absolute atomic E-state index is 0.118. The number of ketones is 1. The largest absolute Gasteiger partial charge is 0.312 e. The molecule has 0 atom stereocenters. The van der Waals surface area contributed by atoms with Gasteiger partial charge in [0.15, 0.2) is 0 Å². The van der Waals surface area contributed by atoms with Gasteiger partial charge in [0.1, 0.15) is 5.69 Å². The SMILES string of the molecule is O=C(c1ccc2[nH]c(=O)sc2c1)c1ccccn1. The number of carbonyl (C=O) groups excluding carboxylic acids is 1. The fourth-order valence-corrected chi connectivity index (χ4v) is 2.51. The van der Waals surface area contributed by atoms with E-state index >= 15 is 0 Å². The second kappa shape index (κ2) is 4.19. The van der Waals surface area contributed by atoms with E-state index in [1.165, 1.54) is 0 Å². The second-order valence-corrected chi connectivity index (χ2v) is 4.78. The third-order valence-corrected chi connectivity index (χ3v) is 3.43. The lowest BCUT2D eigenvalue weighted by Gasteiger charge is -1.99. The van der Waals surface area contributed by atoms with Crippen LogP contribution in [0.25, 0.3) is 10.2 Å². The van der Waals surface area contributed by atoms with E-state index in [1.54, 1.807) is 42.6 Å². The summed E-state index contributed by atoms with van der Waals surface area (Å²) in [4.78, 5) is 30.0. The molecule has 3 aromatic rings. The van der Waals surface area contributed by atoms with Crippen LogP contribution >= 0.6 is 11.3 Å². The molecule has 0 unspecified atom stereocenters.